The van der Waals surface area contributed by atoms with Crippen LogP contribution in [0.4, 0.5) is 11.4 Å². The fourth-order valence-corrected chi connectivity index (χ4v) is 2.65. The largest absolute Gasteiger partial charge is 0.495 e. The molecule has 0 bridgehead atoms. The van der Waals surface area contributed by atoms with E-state index in [0.717, 1.165) is 27.7 Å². The minimum Gasteiger partial charge on any atom is -0.495 e. The lowest BCUT2D eigenvalue weighted by Gasteiger charge is -2.15. The molecular weight excluding hydrogens is 312 g/mol. The first-order valence-corrected chi connectivity index (χ1v) is 7.77. The number of ether oxygens (including phenoxy) is 1. The predicted molar refractivity (Wildman–Crippen MR) is 101 cm³/mol. The first kappa shape index (κ1) is 16.3. The SMILES string of the molecule is C=C(C#N)CNc1c(OC)ccc2ccc(-c3cc(N)ccn3)cc12. The molecule has 1 heterocycles. The van der Waals surface area contributed by atoms with Crippen LogP contribution in [0.3, 0.4) is 0 Å². The lowest BCUT2D eigenvalue weighted by atomic mass is 10.0. The van der Waals surface area contributed by atoms with Crippen molar-refractivity contribution in [1.29, 1.82) is 5.26 Å². The van der Waals surface area contributed by atoms with Crippen LogP contribution in [0.5, 0.6) is 5.75 Å². The number of anilines is 2. The van der Waals surface area contributed by atoms with Crippen LogP contribution in [0.15, 0.2) is 60.8 Å². The molecule has 0 atom stereocenters. The molecule has 0 saturated heterocycles. The molecule has 0 fully saturated rings. The fraction of sp³-hybridized carbons (Fsp3) is 0.100. The average Bonchev–Trinajstić information content (AvgIpc) is 2.65. The Balaban J connectivity index is 2.13. The molecule has 0 amide bonds. The molecule has 5 nitrogen and oxygen atoms in total. The Morgan fingerprint density at radius 2 is 2.08 bits per heavy atom. The molecule has 0 saturated carbocycles. The average molecular weight is 330 g/mol. The Hall–Kier alpha value is -3.52. The predicted octanol–water partition coefficient (Wildman–Crippen LogP) is 3.98. The fourth-order valence-electron chi connectivity index (χ4n) is 2.65. The number of aromatic nitrogens is 1. The van der Waals surface area contributed by atoms with Crippen LogP contribution in [-0.2, 0) is 0 Å². The van der Waals surface area contributed by atoms with Gasteiger partial charge in [-0.1, -0.05) is 24.8 Å². The Kier molecular flexibility index (Phi) is 4.53. The zero-order valence-corrected chi connectivity index (χ0v) is 13.9. The molecule has 1 aromatic heterocycles. The molecular formula is C20H18N4O. The number of hydrogen-bond donors (Lipinski definition) is 2. The van der Waals surface area contributed by atoms with Gasteiger partial charge in [0.1, 0.15) is 5.75 Å². The Morgan fingerprint density at radius 3 is 2.80 bits per heavy atom. The number of methoxy groups -OCH3 is 1. The van der Waals surface area contributed by atoms with E-state index in [1.807, 2.05) is 42.5 Å². The standard InChI is InChI=1S/C20H18N4O/c1-13(11-21)12-24-20-17-9-15(18-10-16(22)7-8-23-18)4-3-14(17)5-6-19(20)25-2/h3-10,24H,1,12H2,2H3,(H2,22,23). The molecule has 3 aromatic rings. The molecule has 0 spiro atoms. The number of fused-ring (bicyclic) bond motifs is 1. The van der Waals surface area contributed by atoms with E-state index in [-0.39, 0.29) is 0 Å². The summed E-state index contributed by atoms with van der Waals surface area (Å²) in [6, 6.07) is 15.6. The van der Waals surface area contributed by atoms with Crippen LogP contribution in [0.25, 0.3) is 22.0 Å². The van der Waals surface area contributed by atoms with Crippen molar-refractivity contribution < 1.29 is 4.74 Å². The second kappa shape index (κ2) is 6.93. The van der Waals surface area contributed by atoms with Gasteiger partial charge >= 0.3 is 0 Å². The molecule has 0 aliphatic rings. The minimum absolute atomic E-state index is 0.354. The van der Waals surface area contributed by atoms with Crippen molar-refractivity contribution in [2.45, 2.75) is 0 Å². The highest BCUT2D eigenvalue weighted by Crippen LogP contribution is 2.35. The molecule has 3 N–H and O–H groups in total. The number of pyridine rings is 1. The summed E-state index contributed by atoms with van der Waals surface area (Å²) < 4.78 is 5.47. The van der Waals surface area contributed by atoms with Crippen LogP contribution < -0.4 is 15.8 Å². The van der Waals surface area contributed by atoms with Gasteiger partial charge in [0.25, 0.3) is 0 Å². The third kappa shape index (κ3) is 3.38. The summed E-state index contributed by atoms with van der Waals surface area (Å²) in [7, 11) is 1.62. The molecule has 2 aromatic carbocycles. The number of nitriles is 1. The lowest BCUT2D eigenvalue weighted by Crippen LogP contribution is -2.05. The van der Waals surface area contributed by atoms with Gasteiger partial charge in [0.15, 0.2) is 0 Å². The molecule has 124 valence electrons. The number of nitrogens with zero attached hydrogens (tertiary/aromatic N) is 2. The van der Waals surface area contributed by atoms with Crippen LogP contribution in [0.2, 0.25) is 0 Å². The zero-order valence-electron chi connectivity index (χ0n) is 13.9. The normalized spacial score (nSPS) is 10.2. The van der Waals surface area contributed by atoms with Crippen molar-refractivity contribution in [3.63, 3.8) is 0 Å². The number of rotatable bonds is 5. The summed E-state index contributed by atoms with van der Waals surface area (Å²) >= 11 is 0. The highest BCUT2D eigenvalue weighted by atomic mass is 16.5. The summed E-state index contributed by atoms with van der Waals surface area (Å²) in [5.74, 6) is 0.705. The van der Waals surface area contributed by atoms with Gasteiger partial charge in [0.2, 0.25) is 0 Å². The maximum Gasteiger partial charge on any atom is 0.142 e. The van der Waals surface area contributed by atoms with Crippen molar-refractivity contribution in [1.82, 2.24) is 4.98 Å². The zero-order chi connectivity index (χ0) is 17.8. The van der Waals surface area contributed by atoms with Gasteiger partial charge in [-0.25, -0.2) is 0 Å². The molecule has 0 aliphatic heterocycles. The van der Waals surface area contributed by atoms with E-state index in [0.29, 0.717) is 23.6 Å². The van der Waals surface area contributed by atoms with E-state index in [1.54, 1.807) is 19.4 Å². The van der Waals surface area contributed by atoms with Crippen LogP contribution >= 0.6 is 0 Å². The van der Waals surface area contributed by atoms with E-state index in [2.05, 4.69) is 16.9 Å². The highest BCUT2D eigenvalue weighted by molar-refractivity contribution is 5.99. The Bertz CT molecular complexity index is 989. The number of nitrogens with one attached hydrogen (secondary N) is 1. The summed E-state index contributed by atoms with van der Waals surface area (Å²) in [6.07, 6.45) is 1.69. The molecule has 3 rings (SSSR count). The summed E-state index contributed by atoms with van der Waals surface area (Å²) in [4.78, 5) is 4.39. The minimum atomic E-state index is 0.354. The summed E-state index contributed by atoms with van der Waals surface area (Å²) in [5.41, 5.74) is 9.56. The van der Waals surface area contributed by atoms with Crippen LogP contribution in [0.1, 0.15) is 0 Å². The van der Waals surface area contributed by atoms with Gasteiger partial charge in [0.05, 0.1) is 24.6 Å². The maximum absolute atomic E-state index is 8.93. The number of nitrogens with two attached hydrogens (primary N) is 1. The van der Waals surface area contributed by atoms with Gasteiger partial charge in [0, 0.05) is 35.0 Å². The van der Waals surface area contributed by atoms with Gasteiger partial charge in [-0.05, 0) is 29.7 Å². The van der Waals surface area contributed by atoms with Crippen molar-refractivity contribution in [3.8, 4) is 23.1 Å². The third-order valence-corrected chi connectivity index (χ3v) is 3.92. The Morgan fingerprint density at radius 1 is 1.28 bits per heavy atom. The molecule has 0 aliphatic carbocycles. The molecule has 0 radical (unpaired) electrons. The summed E-state index contributed by atoms with van der Waals surface area (Å²) in [5, 5.41) is 14.2. The quantitative estimate of drug-likeness (QED) is 0.691. The van der Waals surface area contributed by atoms with Gasteiger partial charge in [-0.3, -0.25) is 4.98 Å². The number of benzene rings is 2. The topological polar surface area (TPSA) is 84.0 Å². The number of nitrogen functional groups attached to an aromatic ring is 1. The first-order chi connectivity index (χ1) is 12.1. The van der Waals surface area contributed by atoms with Gasteiger partial charge in [-0.15, -0.1) is 0 Å². The van der Waals surface area contributed by atoms with E-state index >= 15 is 0 Å². The molecule has 25 heavy (non-hydrogen) atoms. The summed E-state index contributed by atoms with van der Waals surface area (Å²) in [6.45, 7) is 4.06. The van der Waals surface area contributed by atoms with E-state index in [4.69, 9.17) is 15.7 Å². The van der Waals surface area contributed by atoms with Crippen molar-refractivity contribution >= 4 is 22.1 Å². The number of hydrogen-bond acceptors (Lipinski definition) is 5. The van der Waals surface area contributed by atoms with Crippen molar-refractivity contribution in [3.05, 3.63) is 60.8 Å². The second-order valence-corrected chi connectivity index (χ2v) is 5.62. The van der Waals surface area contributed by atoms with Crippen LogP contribution in [0, 0.1) is 11.3 Å². The monoisotopic (exact) mass is 330 g/mol. The first-order valence-electron chi connectivity index (χ1n) is 7.77. The Labute approximate surface area is 146 Å². The van der Waals surface area contributed by atoms with Crippen molar-refractivity contribution in [2.24, 2.45) is 0 Å². The molecule has 5 heteroatoms. The van der Waals surface area contributed by atoms with E-state index in [9.17, 15) is 0 Å². The van der Waals surface area contributed by atoms with E-state index < -0.39 is 0 Å². The molecule has 0 unspecified atom stereocenters. The lowest BCUT2D eigenvalue weighted by molar-refractivity contribution is 0.417. The second-order valence-electron chi connectivity index (χ2n) is 5.62. The van der Waals surface area contributed by atoms with Gasteiger partial charge in [-0.2, -0.15) is 5.26 Å². The van der Waals surface area contributed by atoms with Gasteiger partial charge < -0.3 is 15.8 Å². The smallest absolute Gasteiger partial charge is 0.142 e. The highest BCUT2D eigenvalue weighted by Gasteiger charge is 2.10. The van der Waals surface area contributed by atoms with E-state index in [1.165, 1.54) is 0 Å². The maximum atomic E-state index is 8.93. The van der Waals surface area contributed by atoms with Crippen molar-refractivity contribution in [2.75, 3.05) is 24.7 Å². The van der Waals surface area contributed by atoms with Crippen LogP contribution in [-0.4, -0.2) is 18.6 Å². The third-order valence-electron chi connectivity index (χ3n) is 3.92.